The summed E-state index contributed by atoms with van der Waals surface area (Å²) in [5.74, 6) is -0.353. The maximum absolute atomic E-state index is 11.5. The number of ether oxygens (including phenoxy) is 2. The molecule has 1 aliphatic rings. The number of ketones is 1. The van der Waals surface area contributed by atoms with E-state index in [1.54, 1.807) is 6.92 Å². The fraction of sp³-hybridized carbons (Fsp3) is 0.786. The van der Waals surface area contributed by atoms with Gasteiger partial charge >= 0.3 is 0 Å². The van der Waals surface area contributed by atoms with Crippen molar-refractivity contribution in [1.82, 2.24) is 0 Å². The average Bonchev–Trinajstić information content (AvgIpc) is 2.70. The summed E-state index contributed by atoms with van der Waals surface area (Å²) < 4.78 is 11.0. The van der Waals surface area contributed by atoms with E-state index in [-0.39, 0.29) is 5.78 Å². The highest BCUT2D eigenvalue weighted by Crippen LogP contribution is 2.24. The van der Waals surface area contributed by atoms with Crippen LogP contribution in [0.25, 0.3) is 0 Å². The van der Waals surface area contributed by atoms with E-state index < -0.39 is 5.79 Å². The summed E-state index contributed by atoms with van der Waals surface area (Å²) in [7, 11) is 0. The van der Waals surface area contributed by atoms with Crippen molar-refractivity contribution in [2.75, 3.05) is 13.2 Å². The fourth-order valence-corrected chi connectivity index (χ4v) is 1.97. The SMILES string of the molecule is CCCCC/C(=C/CC1(C)OCCO1)C(C)=O. The zero-order valence-corrected chi connectivity index (χ0v) is 11.3. The van der Waals surface area contributed by atoms with E-state index in [2.05, 4.69) is 6.92 Å². The van der Waals surface area contributed by atoms with Crippen molar-refractivity contribution >= 4 is 5.78 Å². The lowest BCUT2D eigenvalue weighted by Crippen LogP contribution is -2.24. The van der Waals surface area contributed by atoms with E-state index in [9.17, 15) is 4.79 Å². The normalized spacial score (nSPS) is 19.6. The summed E-state index contributed by atoms with van der Waals surface area (Å²) in [5.41, 5.74) is 0.916. The van der Waals surface area contributed by atoms with Crippen LogP contribution in [-0.2, 0) is 14.3 Å². The van der Waals surface area contributed by atoms with E-state index in [4.69, 9.17) is 9.47 Å². The van der Waals surface area contributed by atoms with E-state index in [1.807, 2.05) is 13.0 Å². The maximum Gasteiger partial charge on any atom is 0.169 e. The molecule has 1 rings (SSSR count). The van der Waals surface area contributed by atoms with Crippen molar-refractivity contribution in [2.45, 2.75) is 58.7 Å². The van der Waals surface area contributed by atoms with Crippen molar-refractivity contribution in [3.05, 3.63) is 11.6 Å². The van der Waals surface area contributed by atoms with E-state index >= 15 is 0 Å². The number of allylic oxidation sites excluding steroid dienone is 1. The molecule has 3 heteroatoms. The van der Waals surface area contributed by atoms with Gasteiger partial charge in [0, 0.05) is 6.42 Å². The van der Waals surface area contributed by atoms with Crippen LogP contribution in [0.1, 0.15) is 52.9 Å². The molecule has 0 aromatic rings. The molecule has 1 saturated heterocycles. The van der Waals surface area contributed by atoms with Crippen LogP contribution in [0.4, 0.5) is 0 Å². The first-order chi connectivity index (χ1) is 8.07. The first kappa shape index (κ1) is 14.4. The molecule has 0 radical (unpaired) electrons. The summed E-state index contributed by atoms with van der Waals surface area (Å²) in [6, 6.07) is 0. The average molecular weight is 240 g/mol. The van der Waals surface area contributed by atoms with Crippen LogP contribution in [0, 0.1) is 0 Å². The smallest absolute Gasteiger partial charge is 0.169 e. The van der Waals surface area contributed by atoms with Gasteiger partial charge < -0.3 is 9.47 Å². The molecule has 0 amide bonds. The minimum Gasteiger partial charge on any atom is -0.348 e. The highest BCUT2D eigenvalue weighted by Gasteiger charge is 2.29. The van der Waals surface area contributed by atoms with E-state index in [0.717, 1.165) is 18.4 Å². The predicted octanol–water partition coefficient (Wildman–Crippen LogP) is 3.24. The molecule has 0 unspecified atom stereocenters. The van der Waals surface area contributed by atoms with E-state index in [1.165, 1.54) is 12.8 Å². The molecule has 0 bridgehead atoms. The third-order valence-corrected chi connectivity index (χ3v) is 3.12. The number of Topliss-reactive ketones (excluding diaryl/α,β-unsaturated/α-hetero) is 1. The molecular weight excluding hydrogens is 216 g/mol. The molecule has 0 saturated carbocycles. The number of hydrogen-bond acceptors (Lipinski definition) is 3. The lowest BCUT2D eigenvalue weighted by atomic mass is 10.0. The Morgan fingerprint density at radius 2 is 1.94 bits per heavy atom. The molecule has 1 fully saturated rings. The second-order valence-electron chi connectivity index (χ2n) is 4.78. The molecule has 0 aliphatic carbocycles. The molecule has 0 aromatic heterocycles. The lowest BCUT2D eigenvalue weighted by Gasteiger charge is -2.20. The lowest BCUT2D eigenvalue weighted by molar-refractivity contribution is -0.138. The first-order valence-corrected chi connectivity index (χ1v) is 6.55. The molecule has 98 valence electrons. The van der Waals surface area contributed by atoms with Gasteiger partial charge in [-0.05, 0) is 32.3 Å². The molecule has 1 aliphatic heterocycles. The number of carbonyl (C=O) groups is 1. The van der Waals surface area contributed by atoms with Gasteiger partial charge in [0.2, 0.25) is 0 Å². The number of rotatable bonds is 7. The molecular formula is C14H24O3. The standard InChI is InChI=1S/C14H24O3/c1-4-5-6-7-13(12(2)15)8-9-14(3)16-10-11-17-14/h8H,4-7,9-11H2,1-3H3/b13-8-. The minimum absolute atomic E-state index is 0.169. The van der Waals surface area contributed by atoms with Gasteiger partial charge in [-0.3, -0.25) is 4.79 Å². The summed E-state index contributed by atoms with van der Waals surface area (Å²) in [6.07, 6.45) is 6.96. The van der Waals surface area contributed by atoms with Gasteiger partial charge in [-0.2, -0.15) is 0 Å². The predicted molar refractivity (Wildman–Crippen MR) is 67.8 cm³/mol. The highest BCUT2D eigenvalue weighted by molar-refractivity contribution is 5.93. The van der Waals surface area contributed by atoms with Gasteiger partial charge in [0.25, 0.3) is 0 Å². The quantitative estimate of drug-likeness (QED) is 0.506. The van der Waals surface area contributed by atoms with Gasteiger partial charge in [-0.25, -0.2) is 0 Å². The molecule has 1 heterocycles. The summed E-state index contributed by atoms with van der Waals surface area (Å²) in [4.78, 5) is 11.5. The van der Waals surface area contributed by atoms with Gasteiger partial charge in [0.05, 0.1) is 13.2 Å². The minimum atomic E-state index is -0.522. The largest absolute Gasteiger partial charge is 0.348 e. The van der Waals surface area contributed by atoms with Crippen molar-refractivity contribution in [3.8, 4) is 0 Å². The molecule has 0 N–H and O–H groups in total. The Balaban J connectivity index is 2.48. The van der Waals surface area contributed by atoms with Crippen LogP contribution in [0.2, 0.25) is 0 Å². The third-order valence-electron chi connectivity index (χ3n) is 3.12. The Kier molecular flexibility index (Phi) is 5.86. The Labute approximate surface area is 104 Å². The second-order valence-corrected chi connectivity index (χ2v) is 4.78. The third kappa shape index (κ3) is 5.00. The van der Waals surface area contributed by atoms with Crippen molar-refractivity contribution in [2.24, 2.45) is 0 Å². The Morgan fingerprint density at radius 3 is 2.47 bits per heavy atom. The second kappa shape index (κ2) is 6.92. The molecule has 0 atom stereocenters. The van der Waals surface area contributed by atoms with Crippen LogP contribution in [0.5, 0.6) is 0 Å². The topological polar surface area (TPSA) is 35.5 Å². The van der Waals surface area contributed by atoms with Crippen LogP contribution < -0.4 is 0 Å². The van der Waals surface area contributed by atoms with Crippen LogP contribution in [0.3, 0.4) is 0 Å². The van der Waals surface area contributed by atoms with Gasteiger partial charge in [0.15, 0.2) is 11.6 Å². The zero-order chi connectivity index (χ0) is 12.7. The van der Waals surface area contributed by atoms with E-state index in [0.29, 0.717) is 19.6 Å². The molecule has 3 nitrogen and oxygen atoms in total. The number of unbranched alkanes of at least 4 members (excludes halogenated alkanes) is 2. The Morgan fingerprint density at radius 1 is 1.29 bits per heavy atom. The Bertz CT molecular complexity index is 275. The number of carbonyl (C=O) groups excluding carboxylic acids is 1. The van der Waals surface area contributed by atoms with Crippen molar-refractivity contribution in [1.29, 1.82) is 0 Å². The van der Waals surface area contributed by atoms with Crippen molar-refractivity contribution in [3.63, 3.8) is 0 Å². The Hall–Kier alpha value is -0.670. The maximum atomic E-state index is 11.5. The zero-order valence-electron chi connectivity index (χ0n) is 11.3. The molecule has 0 spiro atoms. The number of hydrogen-bond donors (Lipinski definition) is 0. The monoisotopic (exact) mass is 240 g/mol. The van der Waals surface area contributed by atoms with Crippen LogP contribution >= 0.6 is 0 Å². The van der Waals surface area contributed by atoms with Crippen molar-refractivity contribution < 1.29 is 14.3 Å². The molecule has 0 aromatic carbocycles. The summed E-state index contributed by atoms with van der Waals surface area (Å²) in [5, 5.41) is 0. The van der Waals surface area contributed by atoms with Crippen LogP contribution in [-0.4, -0.2) is 24.8 Å². The highest BCUT2D eigenvalue weighted by atomic mass is 16.7. The summed E-state index contributed by atoms with van der Waals surface area (Å²) in [6.45, 7) is 7.03. The van der Waals surface area contributed by atoms with Gasteiger partial charge in [0.1, 0.15) is 0 Å². The van der Waals surface area contributed by atoms with Gasteiger partial charge in [-0.1, -0.05) is 25.8 Å². The van der Waals surface area contributed by atoms with Gasteiger partial charge in [-0.15, -0.1) is 0 Å². The summed E-state index contributed by atoms with van der Waals surface area (Å²) >= 11 is 0. The van der Waals surface area contributed by atoms with Crippen LogP contribution in [0.15, 0.2) is 11.6 Å². The first-order valence-electron chi connectivity index (χ1n) is 6.55. The fourth-order valence-electron chi connectivity index (χ4n) is 1.97. The molecule has 17 heavy (non-hydrogen) atoms.